The molecule has 0 aliphatic rings. The van der Waals surface area contributed by atoms with Crippen LogP contribution < -0.4 is 4.90 Å². The van der Waals surface area contributed by atoms with Gasteiger partial charge in [-0.1, -0.05) is 0 Å². The van der Waals surface area contributed by atoms with Crippen molar-refractivity contribution in [2.45, 2.75) is 6.92 Å². The molecule has 0 unspecified atom stereocenters. The number of anilines is 1. The molecule has 0 aliphatic carbocycles. The fourth-order valence-corrected chi connectivity index (χ4v) is 2.21. The molecule has 0 radical (unpaired) electrons. The van der Waals surface area contributed by atoms with Crippen LogP contribution >= 0.6 is 11.3 Å². The van der Waals surface area contributed by atoms with E-state index in [0.29, 0.717) is 16.4 Å². The molecule has 0 amide bonds. The Morgan fingerprint density at radius 3 is 2.75 bits per heavy atom. The minimum Gasteiger partial charge on any atom is -0.395 e. The van der Waals surface area contributed by atoms with Crippen LogP contribution in [-0.4, -0.2) is 36.0 Å². The summed E-state index contributed by atoms with van der Waals surface area (Å²) < 4.78 is 0. The zero-order valence-corrected chi connectivity index (χ0v) is 9.78. The molecule has 0 fully saturated rings. The Kier molecular flexibility index (Phi) is 3.97. The van der Waals surface area contributed by atoms with E-state index in [-0.39, 0.29) is 18.1 Å². The lowest BCUT2D eigenvalue weighted by atomic mass is 10.3. The van der Waals surface area contributed by atoms with E-state index in [1.54, 1.807) is 11.9 Å². The minimum absolute atomic E-state index is 0.0915. The van der Waals surface area contributed by atoms with Crippen molar-refractivity contribution in [3.8, 4) is 0 Å². The molecule has 1 aromatic heterocycles. The van der Waals surface area contributed by atoms with Crippen LogP contribution in [0.1, 0.15) is 16.6 Å². The van der Waals surface area contributed by atoms with Crippen LogP contribution in [0, 0.1) is 10.1 Å². The summed E-state index contributed by atoms with van der Waals surface area (Å²) in [6.07, 6.45) is 0. The van der Waals surface area contributed by atoms with Crippen molar-refractivity contribution in [3.63, 3.8) is 0 Å². The van der Waals surface area contributed by atoms with E-state index in [1.807, 2.05) is 0 Å². The van der Waals surface area contributed by atoms with Crippen LogP contribution in [0.25, 0.3) is 0 Å². The average Bonchev–Trinajstić information content (AvgIpc) is 2.62. The lowest BCUT2D eigenvalue weighted by Crippen LogP contribution is -2.20. The van der Waals surface area contributed by atoms with Gasteiger partial charge in [-0.2, -0.15) is 0 Å². The number of likely N-dealkylation sites (N-methyl/N-ethyl adjacent to an activating group) is 1. The van der Waals surface area contributed by atoms with Gasteiger partial charge in [0.15, 0.2) is 10.8 Å². The summed E-state index contributed by atoms with van der Waals surface area (Å²) in [7, 11) is 1.64. The van der Waals surface area contributed by atoms with Crippen molar-refractivity contribution in [1.29, 1.82) is 0 Å². The van der Waals surface area contributed by atoms with Gasteiger partial charge in [0.05, 0.1) is 16.4 Å². The van der Waals surface area contributed by atoms with Crippen molar-refractivity contribution in [1.82, 2.24) is 0 Å². The number of carbonyl (C=O) groups excluding carboxylic acids is 1. The van der Waals surface area contributed by atoms with Crippen molar-refractivity contribution < 1.29 is 14.8 Å². The van der Waals surface area contributed by atoms with Crippen LogP contribution in [0.5, 0.6) is 0 Å². The topological polar surface area (TPSA) is 83.7 Å². The van der Waals surface area contributed by atoms with Gasteiger partial charge in [0.2, 0.25) is 0 Å². The molecule has 7 heteroatoms. The predicted octanol–water partition coefficient (Wildman–Crippen LogP) is 1.29. The predicted molar refractivity (Wildman–Crippen MR) is 61.3 cm³/mol. The molecule has 0 saturated carbocycles. The monoisotopic (exact) mass is 244 g/mol. The summed E-state index contributed by atoms with van der Waals surface area (Å²) in [6, 6.07) is 1.27. The first kappa shape index (κ1) is 12.6. The van der Waals surface area contributed by atoms with Gasteiger partial charge in [-0.15, -0.1) is 11.3 Å². The molecule has 1 aromatic rings. The Balaban J connectivity index is 3.14. The largest absolute Gasteiger partial charge is 0.395 e. The second-order valence-electron chi connectivity index (χ2n) is 3.26. The van der Waals surface area contributed by atoms with Gasteiger partial charge >= 0.3 is 5.69 Å². The quantitative estimate of drug-likeness (QED) is 0.479. The Morgan fingerprint density at radius 1 is 1.69 bits per heavy atom. The number of thiophene rings is 1. The molecule has 88 valence electrons. The van der Waals surface area contributed by atoms with Crippen molar-refractivity contribution >= 4 is 27.8 Å². The highest BCUT2D eigenvalue weighted by molar-refractivity contribution is 7.18. The zero-order valence-electron chi connectivity index (χ0n) is 8.97. The first-order valence-corrected chi connectivity index (χ1v) is 5.40. The van der Waals surface area contributed by atoms with Gasteiger partial charge < -0.3 is 10.0 Å². The maximum atomic E-state index is 11.1. The Labute approximate surface area is 96.3 Å². The number of nitro groups is 1. The number of nitrogens with zero attached hydrogens (tertiary/aromatic N) is 2. The standard InChI is InChI=1S/C9H12N2O4S/c1-6(13)8-5-7(11(14)15)9(16-8)10(2)3-4-12/h5,12H,3-4H2,1-2H3. The molecule has 0 atom stereocenters. The Bertz CT molecular complexity index is 416. The fraction of sp³-hybridized carbons (Fsp3) is 0.444. The van der Waals surface area contributed by atoms with E-state index < -0.39 is 4.92 Å². The summed E-state index contributed by atoms with van der Waals surface area (Å²) >= 11 is 1.07. The van der Waals surface area contributed by atoms with Crippen molar-refractivity contribution in [3.05, 3.63) is 21.1 Å². The molecule has 0 bridgehead atoms. The third kappa shape index (κ3) is 2.56. The van der Waals surface area contributed by atoms with E-state index in [0.717, 1.165) is 11.3 Å². The Morgan fingerprint density at radius 2 is 2.31 bits per heavy atom. The van der Waals surface area contributed by atoms with E-state index in [1.165, 1.54) is 13.0 Å². The SMILES string of the molecule is CC(=O)c1cc([N+](=O)[O-])c(N(C)CCO)s1. The molecule has 1 rings (SSSR count). The van der Waals surface area contributed by atoms with Crippen LogP contribution in [-0.2, 0) is 0 Å². The van der Waals surface area contributed by atoms with Gasteiger partial charge in [0.25, 0.3) is 0 Å². The van der Waals surface area contributed by atoms with E-state index in [4.69, 9.17) is 5.11 Å². The van der Waals surface area contributed by atoms with E-state index >= 15 is 0 Å². The maximum Gasteiger partial charge on any atom is 0.304 e. The highest BCUT2D eigenvalue weighted by Gasteiger charge is 2.23. The first-order chi connectivity index (χ1) is 7.47. The van der Waals surface area contributed by atoms with Crippen molar-refractivity contribution in [2.24, 2.45) is 0 Å². The number of aliphatic hydroxyl groups is 1. The maximum absolute atomic E-state index is 11.1. The van der Waals surface area contributed by atoms with Crippen LogP contribution in [0.3, 0.4) is 0 Å². The van der Waals surface area contributed by atoms with Gasteiger partial charge in [-0.25, -0.2) is 0 Å². The summed E-state index contributed by atoms with van der Waals surface area (Å²) in [5.41, 5.74) is -0.0915. The number of aliphatic hydroxyl groups excluding tert-OH is 1. The second kappa shape index (κ2) is 5.04. The molecule has 6 nitrogen and oxygen atoms in total. The molecule has 1 heterocycles. The average molecular weight is 244 g/mol. The third-order valence-electron chi connectivity index (χ3n) is 2.02. The zero-order chi connectivity index (χ0) is 12.3. The lowest BCUT2D eigenvalue weighted by molar-refractivity contribution is -0.383. The number of carbonyl (C=O) groups is 1. The molecule has 0 aromatic carbocycles. The molecule has 0 spiro atoms. The highest BCUT2D eigenvalue weighted by Crippen LogP contribution is 2.36. The molecule has 16 heavy (non-hydrogen) atoms. The number of Topliss-reactive ketones (excluding diaryl/α,β-unsaturated/α-hetero) is 1. The normalized spacial score (nSPS) is 10.2. The number of rotatable bonds is 5. The van der Waals surface area contributed by atoms with Gasteiger partial charge in [0, 0.05) is 19.7 Å². The molecule has 0 aliphatic heterocycles. The lowest BCUT2D eigenvalue weighted by Gasteiger charge is -2.14. The number of ketones is 1. The summed E-state index contributed by atoms with van der Waals surface area (Å²) in [5, 5.41) is 19.9. The van der Waals surface area contributed by atoms with Crippen LogP contribution in [0.15, 0.2) is 6.07 Å². The summed E-state index contributed by atoms with van der Waals surface area (Å²) in [4.78, 5) is 23.3. The second-order valence-corrected chi connectivity index (χ2v) is 4.29. The Hall–Kier alpha value is -1.47. The molecule has 1 N–H and O–H groups in total. The molecule has 0 saturated heterocycles. The fourth-order valence-electron chi connectivity index (χ4n) is 1.20. The highest BCUT2D eigenvalue weighted by atomic mass is 32.1. The van der Waals surface area contributed by atoms with Gasteiger partial charge in [0.1, 0.15) is 0 Å². The van der Waals surface area contributed by atoms with Crippen molar-refractivity contribution in [2.75, 3.05) is 25.1 Å². The number of hydrogen-bond acceptors (Lipinski definition) is 6. The number of hydrogen-bond donors (Lipinski definition) is 1. The minimum atomic E-state index is -0.522. The van der Waals surface area contributed by atoms with Crippen LogP contribution in [0.2, 0.25) is 0 Å². The van der Waals surface area contributed by atoms with Crippen LogP contribution in [0.4, 0.5) is 10.7 Å². The van der Waals surface area contributed by atoms with Gasteiger partial charge in [-0.3, -0.25) is 14.9 Å². The third-order valence-corrected chi connectivity index (χ3v) is 3.36. The van der Waals surface area contributed by atoms with Gasteiger partial charge in [-0.05, 0) is 6.92 Å². The van der Waals surface area contributed by atoms with E-state index in [2.05, 4.69) is 0 Å². The first-order valence-electron chi connectivity index (χ1n) is 4.58. The molecular formula is C9H12N2O4S. The summed E-state index contributed by atoms with van der Waals surface area (Å²) in [5.74, 6) is -0.197. The smallest absolute Gasteiger partial charge is 0.304 e. The summed E-state index contributed by atoms with van der Waals surface area (Å²) in [6.45, 7) is 1.56. The molecular weight excluding hydrogens is 232 g/mol. The van der Waals surface area contributed by atoms with E-state index in [9.17, 15) is 14.9 Å².